The van der Waals surface area contributed by atoms with Gasteiger partial charge in [0.2, 0.25) is 0 Å². The zero-order valence-electron chi connectivity index (χ0n) is 14.0. The summed E-state index contributed by atoms with van der Waals surface area (Å²) in [5.74, 6) is 2.22. The molecule has 2 aromatic heterocycles. The fourth-order valence-electron chi connectivity index (χ4n) is 3.76. The number of nitrogens with one attached hydrogen (secondary N) is 1. The van der Waals surface area contributed by atoms with E-state index in [0.29, 0.717) is 19.1 Å². The molecule has 0 bridgehead atoms. The van der Waals surface area contributed by atoms with Crippen molar-refractivity contribution in [3.05, 3.63) is 45.8 Å². The summed E-state index contributed by atoms with van der Waals surface area (Å²) in [5.41, 5.74) is 2.13. The van der Waals surface area contributed by atoms with Gasteiger partial charge in [0, 0.05) is 18.2 Å². The Labute approximate surface area is 145 Å². The molecule has 3 heterocycles. The second-order valence-corrected chi connectivity index (χ2v) is 7.18. The normalized spacial score (nSPS) is 25.1. The Bertz CT molecular complexity index is 861. The van der Waals surface area contributed by atoms with Crippen LogP contribution in [0.15, 0.2) is 23.1 Å². The van der Waals surface area contributed by atoms with Gasteiger partial charge in [-0.2, -0.15) is 5.10 Å². The third kappa shape index (κ3) is 2.82. The lowest BCUT2D eigenvalue weighted by atomic mass is 10.1. The average Bonchev–Trinajstić information content (AvgIpc) is 3.22. The number of ether oxygens (including phenoxy) is 1. The summed E-state index contributed by atoms with van der Waals surface area (Å²) < 4.78 is 7.26. The van der Waals surface area contributed by atoms with Crippen LogP contribution < -0.4 is 10.9 Å². The van der Waals surface area contributed by atoms with Crippen LogP contribution in [0.25, 0.3) is 0 Å². The molecule has 5 rings (SSSR count). The number of nitrogens with zero attached hydrogens (tertiary/aromatic N) is 4. The molecule has 2 atom stereocenters. The highest BCUT2D eigenvalue weighted by molar-refractivity contribution is 5.36. The first-order valence-electron chi connectivity index (χ1n) is 9.07. The van der Waals surface area contributed by atoms with Gasteiger partial charge in [-0.1, -0.05) is 0 Å². The van der Waals surface area contributed by atoms with Crippen molar-refractivity contribution in [3.63, 3.8) is 0 Å². The second-order valence-electron chi connectivity index (χ2n) is 7.18. The van der Waals surface area contributed by atoms with E-state index in [1.54, 1.807) is 16.9 Å². The van der Waals surface area contributed by atoms with Gasteiger partial charge in [0.15, 0.2) is 0 Å². The fourth-order valence-corrected chi connectivity index (χ4v) is 3.76. The minimum absolute atomic E-state index is 0.0217. The highest BCUT2D eigenvalue weighted by Gasteiger charge is 2.33. The van der Waals surface area contributed by atoms with Gasteiger partial charge < -0.3 is 10.1 Å². The van der Waals surface area contributed by atoms with Crippen molar-refractivity contribution in [1.29, 1.82) is 0 Å². The molecule has 0 radical (unpaired) electrons. The van der Waals surface area contributed by atoms with Crippen molar-refractivity contribution in [2.24, 2.45) is 0 Å². The number of rotatable bonds is 4. The quantitative estimate of drug-likeness (QED) is 0.908. The zero-order valence-corrected chi connectivity index (χ0v) is 14.0. The topological polar surface area (TPSA) is 81.9 Å². The molecule has 3 aliphatic rings. The van der Waals surface area contributed by atoms with Crippen molar-refractivity contribution in [3.8, 4) is 0 Å². The number of anilines is 1. The van der Waals surface area contributed by atoms with Crippen LogP contribution in [0.5, 0.6) is 0 Å². The molecule has 2 fully saturated rings. The molecule has 1 saturated carbocycles. The van der Waals surface area contributed by atoms with E-state index in [0.717, 1.165) is 42.2 Å². The monoisotopic (exact) mass is 339 g/mol. The molecule has 25 heavy (non-hydrogen) atoms. The molecule has 2 aliphatic carbocycles. The van der Waals surface area contributed by atoms with Gasteiger partial charge in [0.1, 0.15) is 17.7 Å². The van der Waals surface area contributed by atoms with Crippen LogP contribution in [0, 0.1) is 0 Å². The van der Waals surface area contributed by atoms with Crippen molar-refractivity contribution >= 4 is 5.82 Å². The predicted molar refractivity (Wildman–Crippen MR) is 91.8 cm³/mol. The minimum Gasteiger partial charge on any atom is -0.377 e. The van der Waals surface area contributed by atoms with Gasteiger partial charge in [-0.3, -0.25) is 4.79 Å². The van der Waals surface area contributed by atoms with Crippen LogP contribution in [0.3, 0.4) is 0 Å². The molecule has 7 heteroatoms. The number of aryl methyl sites for hydroxylation is 2. The largest absolute Gasteiger partial charge is 0.377 e. The lowest BCUT2D eigenvalue weighted by Gasteiger charge is -2.21. The Hall–Kier alpha value is -2.28. The first-order chi connectivity index (χ1) is 12.3. The highest BCUT2D eigenvalue weighted by atomic mass is 16.5. The Morgan fingerprint density at radius 3 is 3.04 bits per heavy atom. The van der Waals surface area contributed by atoms with E-state index in [9.17, 15) is 4.79 Å². The van der Waals surface area contributed by atoms with Crippen LogP contribution in [0.2, 0.25) is 0 Å². The maximum absolute atomic E-state index is 12.5. The smallest absolute Gasteiger partial charge is 0.267 e. The summed E-state index contributed by atoms with van der Waals surface area (Å²) in [4.78, 5) is 21.5. The number of fused-ring (bicyclic) bond motifs is 1. The van der Waals surface area contributed by atoms with Crippen molar-refractivity contribution in [2.45, 2.75) is 50.1 Å². The van der Waals surface area contributed by atoms with E-state index in [1.807, 2.05) is 6.07 Å². The highest BCUT2D eigenvalue weighted by Crippen LogP contribution is 2.38. The Morgan fingerprint density at radius 2 is 2.16 bits per heavy atom. The SMILES string of the molecule is O=c1cc2c(nn1C1COCC1Nc1ccnc(C3CC3)n1)CCC2. The molecule has 1 saturated heterocycles. The van der Waals surface area contributed by atoms with Gasteiger partial charge >= 0.3 is 0 Å². The summed E-state index contributed by atoms with van der Waals surface area (Å²) in [5, 5.41) is 8.07. The van der Waals surface area contributed by atoms with E-state index >= 15 is 0 Å². The first kappa shape index (κ1) is 15.0. The van der Waals surface area contributed by atoms with Crippen LogP contribution >= 0.6 is 0 Å². The van der Waals surface area contributed by atoms with E-state index < -0.39 is 0 Å². The van der Waals surface area contributed by atoms with Crippen LogP contribution in [-0.4, -0.2) is 39.0 Å². The van der Waals surface area contributed by atoms with Gasteiger partial charge in [-0.05, 0) is 43.7 Å². The van der Waals surface area contributed by atoms with E-state index in [2.05, 4.69) is 20.4 Å². The van der Waals surface area contributed by atoms with E-state index in [4.69, 9.17) is 4.74 Å². The molecule has 1 N–H and O–H groups in total. The second kappa shape index (κ2) is 5.91. The molecule has 1 aliphatic heterocycles. The summed E-state index contributed by atoms with van der Waals surface area (Å²) in [6, 6.07) is 3.49. The third-order valence-electron chi connectivity index (χ3n) is 5.30. The van der Waals surface area contributed by atoms with Gasteiger partial charge in [0.25, 0.3) is 5.56 Å². The molecule has 130 valence electrons. The molecule has 2 aromatic rings. The molecule has 7 nitrogen and oxygen atoms in total. The Kier molecular flexibility index (Phi) is 3.55. The zero-order chi connectivity index (χ0) is 16.8. The molecular weight excluding hydrogens is 318 g/mol. The lowest BCUT2D eigenvalue weighted by Crippen LogP contribution is -2.38. The standard InChI is InChI=1S/C18H21N5O2/c24-17-8-12-2-1-3-13(12)22-23(17)15-10-25-9-14(15)20-16-6-7-19-18(21-16)11-4-5-11/h6-8,11,14-15H,1-5,9-10H2,(H,19,20,21). The molecular formula is C18H21N5O2. The van der Waals surface area contributed by atoms with Crippen LogP contribution in [0.1, 0.15) is 48.3 Å². The van der Waals surface area contributed by atoms with Crippen molar-refractivity contribution < 1.29 is 4.74 Å². The first-order valence-corrected chi connectivity index (χ1v) is 9.07. The van der Waals surface area contributed by atoms with E-state index in [1.165, 1.54) is 12.8 Å². The fraction of sp³-hybridized carbons (Fsp3) is 0.556. The molecule has 2 unspecified atom stereocenters. The summed E-state index contributed by atoms with van der Waals surface area (Å²) in [6.45, 7) is 1.03. The maximum atomic E-state index is 12.5. The number of aromatic nitrogens is 4. The maximum Gasteiger partial charge on any atom is 0.267 e. The lowest BCUT2D eigenvalue weighted by molar-refractivity contribution is 0.182. The number of hydrogen-bond acceptors (Lipinski definition) is 6. The Morgan fingerprint density at radius 1 is 1.24 bits per heavy atom. The van der Waals surface area contributed by atoms with Gasteiger partial charge in [-0.15, -0.1) is 0 Å². The Balaban J connectivity index is 1.41. The van der Waals surface area contributed by atoms with Crippen LogP contribution in [-0.2, 0) is 17.6 Å². The minimum atomic E-state index is -0.113. The average molecular weight is 339 g/mol. The molecule has 0 spiro atoms. The summed E-state index contributed by atoms with van der Waals surface area (Å²) in [7, 11) is 0. The molecule has 0 amide bonds. The van der Waals surface area contributed by atoms with Gasteiger partial charge in [0.05, 0.1) is 24.9 Å². The summed E-state index contributed by atoms with van der Waals surface area (Å²) >= 11 is 0. The predicted octanol–water partition coefficient (Wildman–Crippen LogP) is 1.45. The van der Waals surface area contributed by atoms with Crippen LogP contribution in [0.4, 0.5) is 5.82 Å². The van der Waals surface area contributed by atoms with Crippen molar-refractivity contribution in [2.75, 3.05) is 18.5 Å². The molecule has 0 aromatic carbocycles. The van der Waals surface area contributed by atoms with Gasteiger partial charge in [-0.25, -0.2) is 14.6 Å². The van der Waals surface area contributed by atoms with Crippen molar-refractivity contribution in [1.82, 2.24) is 19.7 Å². The summed E-state index contributed by atoms with van der Waals surface area (Å²) in [6.07, 6.45) is 7.15. The van der Waals surface area contributed by atoms with E-state index in [-0.39, 0.29) is 17.6 Å². The number of hydrogen-bond donors (Lipinski definition) is 1. The third-order valence-corrected chi connectivity index (χ3v) is 5.30.